The number of aromatic nitrogens is 4. The average molecular weight is 468 g/mol. The summed E-state index contributed by atoms with van der Waals surface area (Å²) in [6.07, 6.45) is -2.61. The number of aryl methyl sites for hydroxylation is 1. The monoisotopic (exact) mass is 468 g/mol. The van der Waals surface area contributed by atoms with Crippen molar-refractivity contribution in [3.63, 3.8) is 0 Å². The fourth-order valence-electron chi connectivity index (χ4n) is 3.85. The molecule has 0 unspecified atom stereocenters. The molecule has 0 aliphatic carbocycles. The van der Waals surface area contributed by atoms with Crippen molar-refractivity contribution in [2.45, 2.75) is 38.5 Å². The van der Waals surface area contributed by atoms with Gasteiger partial charge in [0.25, 0.3) is 5.91 Å². The summed E-state index contributed by atoms with van der Waals surface area (Å²) in [4.78, 5) is 32.6. The highest BCUT2D eigenvalue weighted by Gasteiger charge is 2.32. The molecule has 0 saturated carbocycles. The third-order valence-electron chi connectivity index (χ3n) is 5.43. The lowest BCUT2D eigenvalue weighted by atomic mass is 10.1. The third-order valence-corrected chi connectivity index (χ3v) is 5.43. The van der Waals surface area contributed by atoms with Gasteiger partial charge in [0, 0.05) is 24.9 Å². The van der Waals surface area contributed by atoms with E-state index in [1.807, 2.05) is 0 Å². The number of carbonyl (C=O) groups is 1. The van der Waals surface area contributed by atoms with Gasteiger partial charge in [-0.1, -0.05) is 0 Å². The SMILES string of the molecule is Cc1cc(C(N)=O)c(F)cc1Nc1ncc2c(n1)n(C1CCOCC1)c(=O)n2CC(F)(F)F. The molecule has 13 heteroatoms. The number of hydrogen-bond donors (Lipinski definition) is 2. The summed E-state index contributed by atoms with van der Waals surface area (Å²) in [7, 11) is 0. The summed E-state index contributed by atoms with van der Waals surface area (Å²) in [6, 6.07) is 1.92. The summed E-state index contributed by atoms with van der Waals surface area (Å²) in [5.74, 6) is -1.83. The van der Waals surface area contributed by atoms with E-state index in [4.69, 9.17) is 10.5 Å². The molecule has 1 aromatic carbocycles. The van der Waals surface area contributed by atoms with Crippen LogP contribution in [0.25, 0.3) is 11.2 Å². The summed E-state index contributed by atoms with van der Waals surface area (Å²) in [5.41, 5.74) is 4.68. The molecule has 176 valence electrons. The van der Waals surface area contributed by atoms with Crippen LogP contribution in [0.2, 0.25) is 0 Å². The zero-order valence-corrected chi connectivity index (χ0v) is 17.4. The van der Waals surface area contributed by atoms with Crippen LogP contribution in [-0.2, 0) is 11.3 Å². The van der Waals surface area contributed by atoms with Crippen molar-refractivity contribution in [3.8, 4) is 0 Å². The van der Waals surface area contributed by atoms with E-state index in [0.717, 1.165) is 12.3 Å². The van der Waals surface area contributed by atoms with Crippen molar-refractivity contribution >= 4 is 28.7 Å². The van der Waals surface area contributed by atoms with Gasteiger partial charge in [0.05, 0.1) is 11.8 Å². The fourth-order valence-corrected chi connectivity index (χ4v) is 3.85. The molecule has 0 atom stereocenters. The van der Waals surface area contributed by atoms with E-state index in [-0.39, 0.29) is 34.4 Å². The molecule has 0 bridgehead atoms. The van der Waals surface area contributed by atoms with Gasteiger partial charge in [-0.2, -0.15) is 18.2 Å². The Morgan fingerprint density at radius 2 is 2.00 bits per heavy atom. The lowest BCUT2D eigenvalue weighted by Gasteiger charge is -2.23. The molecular weight excluding hydrogens is 448 g/mol. The molecule has 4 rings (SSSR count). The number of nitrogens with two attached hydrogens (primary N) is 1. The second kappa shape index (κ2) is 8.46. The Balaban J connectivity index is 1.80. The maximum atomic E-state index is 14.2. The van der Waals surface area contributed by atoms with Crippen LogP contribution in [0.1, 0.15) is 34.8 Å². The van der Waals surface area contributed by atoms with E-state index in [1.54, 1.807) is 6.92 Å². The Kier molecular flexibility index (Phi) is 5.82. The van der Waals surface area contributed by atoms with Crippen molar-refractivity contribution in [2.75, 3.05) is 18.5 Å². The van der Waals surface area contributed by atoms with Gasteiger partial charge >= 0.3 is 11.9 Å². The summed E-state index contributed by atoms with van der Waals surface area (Å²) in [5, 5.41) is 2.79. The van der Waals surface area contributed by atoms with Crippen molar-refractivity contribution in [3.05, 3.63) is 45.8 Å². The minimum Gasteiger partial charge on any atom is -0.381 e. The zero-order valence-electron chi connectivity index (χ0n) is 17.4. The molecule has 0 spiro atoms. The van der Waals surface area contributed by atoms with Crippen molar-refractivity contribution in [1.29, 1.82) is 0 Å². The number of rotatable bonds is 5. The van der Waals surface area contributed by atoms with E-state index in [9.17, 15) is 27.2 Å². The Hall–Kier alpha value is -3.48. The van der Waals surface area contributed by atoms with E-state index in [2.05, 4.69) is 15.3 Å². The van der Waals surface area contributed by atoms with Crippen molar-refractivity contribution in [2.24, 2.45) is 5.73 Å². The second-order valence-electron chi connectivity index (χ2n) is 7.74. The van der Waals surface area contributed by atoms with Crippen LogP contribution in [0.3, 0.4) is 0 Å². The van der Waals surface area contributed by atoms with Crippen LogP contribution in [0.5, 0.6) is 0 Å². The number of nitrogens with zero attached hydrogens (tertiary/aromatic N) is 4. The first-order valence-electron chi connectivity index (χ1n) is 10.0. The fraction of sp³-hybridized carbons (Fsp3) is 0.400. The van der Waals surface area contributed by atoms with Crippen LogP contribution in [0.4, 0.5) is 29.2 Å². The van der Waals surface area contributed by atoms with Crippen LogP contribution >= 0.6 is 0 Å². The van der Waals surface area contributed by atoms with Crippen molar-refractivity contribution in [1.82, 2.24) is 19.1 Å². The molecule has 1 saturated heterocycles. The van der Waals surface area contributed by atoms with Gasteiger partial charge in [-0.25, -0.2) is 14.2 Å². The van der Waals surface area contributed by atoms with Crippen molar-refractivity contribution < 1.29 is 27.1 Å². The number of hydrogen-bond acceptors (Lipinski definition) is 6. The molecular formula is C20H20F4N6O3. The predicted octanol–water partition coefficient (Wildman–Crippen LogP) is 2.80. The zero-order chi connectivity index (χ0) is 23.9. The number of ether oxygens (including phenoxy) is 1. The van der Waals surface area contributed by atoms with Gasteiger partial charge in [0.1, 0.15) is 17.9 Å². The van der Waals surface area contributed by atoms with Gasteiger partial charge in [-0.05, 0) is 37.5 Å². The normalized spacial score (nSPS) is 15.2. The number of nitrogens with one attached hydrogen (secondary N) is 1. The topological polar surface area (TPSA) is 117 Å². The van der Waals surface area contributed by atoms with E-state index in [1.165, 1.54) is 10.6 Å². The maximum absolute atomic E-state index is 14.2. The number of anilines is 2. The molecule has 1 amide bonds. The number of amides is 1. The number of fused-ring (bicyclic) bond motifs is 1. The highest BCUT2D eigenvalue weighted by atomic mass is 19.4. The molecule has 1 aliphatic rings. The molecule has 1 fully saturated rings. The maximum Gasteiger partial charge on any atom is 0.406 e. The number of imidazole rings is 1. The van der Waals surface area contributed by atoms with Gasteiger partial charge in [-0.15, -0.1) is 0 Å². The minimum absolute atomic E-state index is 0.0283. The number of primary amides is 1. The smallest absolute Gasteiger partial charge is 0.381 e. The first kappa shape index (κ1) is 22.7. The first-order chi connectivity index (χ1) is 15.5. The lowest BCUT2D eigenvalue weighted by molar-refractivity contribution is -0.140. The van der Waals surface area contributed by atoms with Gasteiger partial charge in [0.15, 0.2) is 5.65 Å². The highest BCUT2D eigenvalue weighted by molar-refractivity contribution is 5.94. The van der Waals surface area contributed by atoms with Gasteiger partial charge in [-0.3, -0.25) is 13.9 Å². The second-order valence-corrected chi connectivity index (χ2v) is 7.74. The van der Waals surface area contributed by atoms with Gasteiger partial charge in [0.2, 0.25) is 5.95 Å². The molecule has 1 aliphatic heterocycles. The Morgan fingerprint density at radius 3 is 2.64 bits per heavy atom. The summed E-state index contributed by atoms with van der Waals surface area (Å²) in [6.45, 7) is 0.853. The molecule has 9 nitrogen and oxygen atoms in total. The standard InChI is InChI=1S/C20H20F4N6O3/c1-10-6-12(16(25)31)13(21)7-14(10)27-18-26-8-15-17(28-18)30(11-2-4-33-5-3-11)19(32)29(15)9-20(22,23)24/h6-8,11H,2-5,9H2,1H3,(H2,25,31)(H,26,27,28). The van der Waals surface area contributed by atoms with Gasteiger partial charge < -0.3 is 15.8 Å². The molecule has 2 aromatic heterocycles. The minimum atomic E-state index is -4.62. The van der Waals surface area contributed by atoms with E-state index >= 15 is 0 Å². The largest absolute Gasteiger partial charge is 0.406 e. The van der Waals surface area contributed by atoms with Crippen LogP contribution < -0.4 is 16.7 Å². The van der Waals surface area contributed by atoms with E-state index in [0.29, 0.717) is 36.2 Å². The molecule has 0 radical (unpaired) electrons. The number of benzene rings is 1. The average Bonchev–Trinajstić information content (AvgIpc) is 3.00. The van der Waals surface area contributed by atoms with E-state index < -0.39 is 30.1 Å². The molecule has 3 N–H and O–H groups in total. The number of halogens is 4. The third kappa shape index (κ3) is 4.53. The highest BCUT2D eigenvalue weighted by Crippen LogP contribution is 2.27. The van der Waals surface area contributed by atoms with Crippen LogP contribution in [0, 0.1) is 12.7 Å². The molecule has 3 aromatic rings. The Morgan fingerprint density at radius 1 is 1.30 bits per heavy atom. The Bertz CT molecular complexity index is 1280. The quantitative estimate of drug-likeness (QED) is 0.556. The summed E-state index contributed by atoms with van der Waals surface area (Å²) < 4.78 is 60.7. The number of alkyl halides is 3. The molecule has 33 heavy (non-hydrogen) atoms. The summed E-state index contributed by atoms with van der Waals surface area (Å²) >= 11 is 0. The number of carbonyl (C=O) groups excluding carboxylic acids is 1. The lowest BCUT2D eigenvalue weighted by Crippen LogP contribution is -2.33. The first-order valence-corrected chi connectivity index (χ1v) is 10.0. The predicted molar refractivity (Wildman–Crippen MR) is 110 cm³/mol. The molecule has 3 heterocycles. The van der Waals surface area contributed by atoms with Crippen LogP contribution in [0.15, 0.2) is 23.1 Å². The Labute approximate surface area is 184 Å². The van der Waals surface area contributed by atoms with Crippen LogP contribution in [-0.4, -0.2) is 44.4 Å².